The van der Waals surface area contributed by atoms with Crippen molar-refractivity contribution in [2.45, 2.75) is 40.3 Å². The van der Waals surface area contributed by atoms with Crippen molar-refractivity contribution in [2.24, 2.45) is 0 Å². The van der Waals surface area contributed by atoms with E-state index in [2.05, 4.69) is 21.2 Å². The lowest BCUT2D eigenvalue weighted by molar-refractivity contribution is -0.123. The van der Waals surface area contributed by atoms with Gasteiger partial charge < -0.3 is 14.8 Å². The second kappa shape index (κ2) is 8.90. The number of carbonyl (C=O) groups is 1. The van der Waals surface area contributed by atoms with Crippen molar-refractivity contribution in [3.05, 3.63) is 57.6 Å². The van der Waals surface area contributed by atoms with Crippen LogP contribution in [0.2, 0.25) is 0 Å². The van der Waals surface area contributed by atoms with Crippen LogP contribution in [0.3, 0.4) is 0 Å². The summed E-state index contributed by atoms with van der Waals surface area (Å²) in [6.07, 6.45) is 0.147. The molecule has 0 fully saturated rings. The molecule has 0 bridgehead atoms. The van der Waals surface area contributed by atoms with E-state index in [-0.39, 0.29) is 18.6 Å². The van der Waals surface area contributed by atoms with E-state index in [1.165, 1.54) is 0 Å². The third kappa shape index (κ3) is 6.09. The highest BCUT2D eigenvalue weighted by Crippen LogP contribution is 2.26. The molecule has 0 aromatic heterocycles. The number of halogens is 1. The van der Waals surface area contributed by atoms with E-state index in [0.717, 1.165) is 26.9 Å². The Morgan fingerprint density at radius 1 is 1.08 bits per heavy atom. The number of hydrogen-bond donors (Lipinski definition) is 1. The van der Waals surface area contributed by atoms with Gasteiger partial charge in [-0.25, -0.2) is 0 Å². The van der Waals surface area contributed by atoms with Gasteiger partial charge in [0, 0.05) is 11.0 Å². The maximum absolute atomic E-state index is 12.0. The molecule has 0 heterocycles. The van der Waals surface area contributed by atoms with Crippen molar-refractivity contribution in [2.75, 3.05) is 6.61 Å². The Hall–Kier alpha value is -2.01. The van der Waals surface area contributed by atoms with Crippen LogP contribution in [0.5, 0.6) is 11.5 Å². The van der Waals surface area contributed by atoms with E-state index < -0.39 is 0 Å². The number of rotatable bonds is 7. The van der Waals surface area contributed by atoms with Gasteiger partial charge >= 0.3 is 0 Å². The molecule has 2 rings (SSSR count). The molecule has 2 aromatic rings. The summed E-state index contributed by atoms with van der Waals surface area (Å²) in [4.78, 5) is 12.0. The summed E-state index contributed by atoms with van der Waals surface area (Å²) < 4.78 is 12.2. The van der Waals surface area contributed by atoms with Gasteiger partial charge in [-0.1, -0.05) is 28.1 Å². The van der Waals surface area contributed by atoms with Crippen LogP contribution in [-0.2, 0) is 11.3 Å². The third-order valence-electron chi connectivity index (χ3n) is 3.56. The smallest absolute Gasteiger partial charge is 0.258 e. The highest BCUT2D eigenvalue weighted by atomic mass is 79.9. The summed E-state index contributed by atoms with van der Waals surface area (Å²) in [6.45, 7) is 8.43. The Morgan fingerprint density at radius 2 is 1.68 bits per heavy atom. The molecule has 1 N–H and O–H groups in total. The van der Waals surface area contributed by atoms with Crippen molar-refractivity contribution >= 4 is 21.8 Å². The Labute approximate surface area is 157 Å². The molecular formula is C20H24BrNO3. The van der Waals surface area contributed by atoms with Crippen LogP contribution in [0, 0.1) is 13.8 Å². The van der Waals surface area contributed by atoms with Crippen LogP contribution in [0.25, 0.3) is 0 Å². The highest BCUT2D eigenvalue weighted by molar-refractivity contribution is 9.10. The molecule has 0 saturated heterocycles. The summed E-state index contributed by atoms with van der Waals surface area (Å²) >= 11 is 3.52. The summed E-state index contributed by atoms with van der Waals surface area (Å²) in [6, 6.07) is 11.5. The Kier molecular flexibility index (Phi) is 6.88. The van der Waals surface area contributed by atoms with Crippen molar-refractivity contribution in [1.29, 1.82) is 0 Å². The van der Waals surface area contributed by atoms with E-state index in [9.17, 15) is 4.79 Å². The molecule has 134 valence electrons. The first-order valence-electron chi connectivity index (χ1n) is 8.27. The van der Waals surface area contributed by atoms with Gasteiger partial charge in [0.25, 0.3) is 5.91 Å². The fraction of sp³-hybridized carbons (Fsp3) is 0.350. The first-order chi connectivity index (χ1) is 11.8. The molecule has 0 unspecified atom stereocenters. The zero-order chi connectivity index (χ0) is 18.4. The van der Waals surface area contributed by atoms with E-state index in [0.29, 0.717) is 12.3 Å². The number of ether oxygens (including phenoxy) is 2. The SMILES string of the molecule is Cc1cc(OCC(=O)NCc2ccc(OC(C)C)cc2)cc(C)c1Br. The van der Waals surface area contributed by atoms with E-state index >= 15 is 0 Å². The largest absolute Gasteiger partial charge is 0.491 e. The van der Waals surface area contributed by atoms with Gasteiger partial charge in [-0.2, -0.15) is 0 Å². The maximum Gasteiger partial charge on any atom is 0.258 e. The molecule has 25 heavy (non-hydrogen) atoms. The Balaban J connectivity index is 1.81. The predicted octanol–water partition coefficient (Wildman–Crippen LogP) is 4.55. The molecule has 0 aliphatic heterocycles. The summed E-state index contributed by atoms with van der Waals surface area (Å²) in [5, 5.41) is 2.86. The zero-order valence-corrected chi connectivity index (χ0v) is 16.6. The van der Waals surface area contributed by atoms with Crippen LogP contribution in [0.1, 0.15) is 30.5 Å². The number of carbonyl (C=O) groups excluding carboxylic acids is 1. The van der Waals surface area contributed by atoms with Gasteiger partial charge in [-0.05, 0) is 68.7 Å². The summed E-state index contributed by atoms with van der Waals surface area (Å²) in [7, 11) is 0. The Morgan fingerprint density at radius 3 is 2.24 bits per heavy atom. The van der Waals surface area contributed by atoms with Crippen molar-refractivity contribution in [3.63, 3.8) is 0 Å². The lowest BCUT2D eigenvalue weighted by atomic mass is 10.1. The predicted molar refractivity (Wildman–Crippen MR) is 103 cm³/mol. The molecule has 0 atom stereocenters. The topological polar surface area (TPSA) is 47.6 Å². The van der Waals surface area contributed by atoms with Crippen LogP contribution < -0.4 is 14.8 Å². The number of benzene rings is 2. The van der Waals surface area contributed by atoms with Crippen LogP contribution in [-0.4, -0.2) is 18.6 Å². The highest BCUT2D eigenvalue weighted by Gasteiger charge is 2.07. The average molecular weight is 406 g/mol. The minimum absolute atomic E-state index is 0.00490. The van der Waals surface area contributed by atoms with Gasteiger partial charge in [-0.15, -0.1) is 0 Å². The normalized spacial score (nSPS) is 10.6. The standard InChI is InChI=1S/C20H24BrNO3/c1-13(2)25-17-7-5-16(6-8-17)11-22-19(23)12-24-18-9-14(3)20(21)15(4)10-18/h5-10,13H,11-12H2,1-4H3,(H,22,23). The average Bonchev–Trinajstić information content (AvgIpc) is 2.56. The molecule has 0 aliphatic carbocycles. The number of nitrogens with one attached hydrogen (secondary N) is 1. The van der Waals surface area contributed by atoms with Gasteiger partial charge in [0.05, 0.1) is 6.10 Å². The zero-order valence-electron chi connectivity index (χ0n) is 15.1. The van der Waals surface area contributed by atoms with E-state index in [1.54, 1.807) is 0 Å². The first kappa shape index (κ1) is 19.3. The quantitative estimate of drug-likeness (QED) is 0.734. The van der Waals surface area contributed by atoms with Crippen LogP contribution in [0.15, 0.2) is 40.9 Å². The van der Waals surface area contributed by atoms with Crippen molar-refractivity contribution < 1.29 is 14.3 Å². The summed E-state index contributed by atoms with van der Waals surface area (Å²) in [5.41, 5.74) is 3.18. The molecule has 2 aromatic carbocycles. The van der Waals surface area contributed by atoms with Gasteiger partial charge in [0.2, 0.25) is 0 Å². The number of aryl methyl sites for hydroxylation is 2. The van der Waals surface area contributed by atoms with Crippen molar-refractivity contribution in [3.8, 4) is 11.5 Å². The molecule has 1 amide bonds. The molecule has 0 saturated carbocycles. The fourth-order valence-corrected chi connectivity index (χ4v) is 2.58. The van der Waals surface area contributed by atoms with Crippen molar-refractivity contribution in [1.82, 2.24) is 5.32 Å². The minimum atomic E-state index is -0.152. The van der Waals surface area contributed by atoms with Gasteiger partial charge in [0.1, 0.15) is 11.5 Å². The molecule has 0 radical (unpaired) electrons. The third-order valence-corrected chi connectivity index (χ3v) is 4.82. The van der Waals surface area contributed by atoms with Crippen LogP contribution >= 0.6 is 15.9 Å². The minimum Gasteiger partial charge on any atom is -0.491 e. The van der Waals surface area contributed by atoms with Crippen LogP contribution in [0.4, 0.5) is 0 Å². The van der Waals surface area contributed by atoms with E-state index in [4.69, 9.17) is 9.47 Å². The molecule has 4 nitrogen and oxygen atoms in total. The van der Waals surface area contributed by atoms with E-state index in [1.807, 2.05) is 64.1 Å². The number of amides is 1. The number of hydrogen-bond acceptors (Lipinski definition) is 3. The monoisotopic (exact) mass is 405 g/mol. The Bertz CT molecular complexity index is 703. The van der Waals surface area contributed by atoms with Gasteiger partial charge in [0.15, 0.2) is 6.61 Å². The fourth-order valence-electron chi connectivity index (χ4n) is 2.35. The second-order valence-electron chi connectivity index (χ2n) is 6.25. The lowest BCUT2D eigenvalue weighted by Gasteiger charge is -2.11. The maximum atomic E-state index is 12.0. The molecule has 0 aliphatic rings. The first-order valence-corrected chi connectivity index (χ1v) is 9.06. The van der Waals surface area contributed by atoms with Gasteiger partial charge in [-0.3, -0.25) is 4.79 Å². The second-order valence-corrected chi connectivity index (χ2v) is 7.04. The molecular weight excluding hydrogens is 382 g/mol. The lowest BCUT2D eigenvalue weighted by Crippen LogP contribution is -2.28. The summed E-state index contributed by atoms with van der Waals surface area (Å²) in [5.74, 6) is 1.37. The molecule has 0 spiro atoms. The molecule has 5 heteroatoms.